The molecular formula is C24H27FN2O3S. The molecule has 2 aromatic rings. The highest BCUT2D eigenvalue weighted by Crippen LogP contribution is 2.39. The Hall–Kier alpha value is -2.27. The van der Waals surface area contributed by atoms with Crippen molar-refractivity contribution in [1.29, 1.82) is 5.26 Å². The van der Waals surface area contributed by atoms with Crippen molar-refractivity contribution >= 4 is 10.0 Å². The molecule has 31 heavy (non-hydrogen) atoms. The summed E-state index contributed by atoms with van der Waals surface area (Å²) in [5.41, 5.74) is 1.53. The number of hydrogen-bond donors (Lipinski definition) is 0. The van der Waals surface area contributed by atoms with Crippen LogP contribution in [-0.4, -0.2) is 32.5 Å². The maximum atomic E-state index is 15.1. The number of nitrogens with zero attached hydrogens (tertiary/aromatic N) is 2. The molecule has 0 N–H and O–H groups in total. The van der Waals surface area contributed by atoms with E-state index < -0.39 is 26.5 Å². The maximum Gasteiger partial charge on any atom is 0.221 e. The van der Waals surface area contributed by atoms with Gasteiger partial charge < -0.3 is 4.74 Å². The van der Waals surface area contributed by atoms with E-state index in [0.717, 1.165) is 17.5 Å². The number of ether oxygens (including phenoxy) is 1. The van der Waals surface area contributed by atoms with Crippen molar-refractivity contribution < 1.29 is 17.5 Å². The molecule has 1 atom stereocenters. The first-order valence-electron chi connectivity index (χ1n) is 10.7. The predicted octanol–water partition coefficient (Wildman–Crippen LogP) is 4.45. The first-order valence-corrected chi connectivity index (χ1v) is 12.2. The van der Waals surface area contributed by atoms with E-state index in [-0.39, 0.29) is 6.54 Å². The summed E-state index contributed by atoms with van der Waals surface area (Å²) in [7, 11) is -3.58. The minimum Gasteiger partial charge on any atom is -0.381 e. The van der Waals surface area contributed by atoms with Gasteiger partial charge in [0, 0.05) is 43.7 Å². The Bertz CT molecular complexity index is 1060. The normalized spacial score (nSPS) is 23.2. The van der Waals surface area contributed by atoms with Gasteiger partial charge in [0.15, 0.2) is 0 Å². The SMILES string of the molecule is N#CCC1(c2ccc(CN3CCC[C@H](c4ccccc4)S3(=O)=O)c(F)c2)CCOCC1. The summed E-state index contributed by atoms with van der Waals surface area (Å²) >= 11 is 0. The van der Waals surface area contributed by atoms with Gasteiger partial charge in [0.05, 0.1) is 6.07 Å². The molecule has 2 fully saturated rings. The number of halogens is 1. The highest BCUT2D eigenvalue weighted by molar-refractivity contribution is 7.89. The van der Waals surface area contributed by atoms with Crippen LogP contribution in [0.15, 0.2) is 48.5 Å². The lowest BCUT2D eigenvalue weighted by Gasteiger charge is -2.36. The number of hydrogen-bond acceptors (Lipinski definition) is 4. The Labute approximate surface area is 183 Å². The van der Waals surface area contributed by atoms with Crippen LogP contribution in [0.25, 0.3) is 0 Å². The zero-order valence-electron chi connectivity index (χ0n) is 17.5. The van der Waals surface area contributed by atoms with Gasteiger partial charge in [0.1, 0.15) is 11.1 Å². The van der Waals surface area contributed by atoms with Crippen molar-refractivity contribution in [3.63, 3.8) is 0 Å². The molecule has 4 rings (SSSR count). The standard InChI is InChI=1S/C24H27FN2O3S/c25-22-17-21(24(10-13-26)11-15-30-16-12-24)9-8-20(22)18-27-14-4-7-23(31(27,28)29)19-5-2-1-3-6-19/h1-3,5-6,8-9,17,23H,4,7,10-12,14-16,18H2/t23-/m1/s1. The highest BCUT2D eigenvalue weighted by Gasteiger charge is 2.38. The van der Waals surface area contributed by atoms with Gasteiger partial charge in [-0.1, -0.05) is 42.5 Å². The molecule has 0 amide bonds. The fourth-order valence-corrected chi connectivity index (χ4v) is 6.79. The van der Waals surface area contributed by atoms with Crippen molar-refractivity contribution in [2.45, 2.75) is 49.3 Å². The van der Waals surface area contributed by atoms with Crippen LogP contribution in [0.4, 0.5) is 4.39 Å². The number of sulfonamides is 1. The first kappa shape index (κ1) is 21.9. The highest BCUT2D eigenvalue weighted by atomic mass is 32.2. The molecule has 0 aliphatic carbocycles. The van der Waals surface area contributed by atoms with Crippen molar-refractivity contribution in [2.75, 3.05) is 19.8 Å². The third-order valence-electron chi connectivity index (χ3n) is 6.64. The second-order valence-electron chi connectivity index (χ2n) is 8.45. The second-order valence-corrected chi connectivity index (χ2v) is 10.6. The lowest BCUT2D eigenvalue weighted by atomic mass is 9.72. The van der Waals surface area contributed by atoms with E-state index in [4.69, 9.17) is 4.74 Å². The molecule has 0 saturated carbocycles. The summed E-state index contributed by atoms with van der Waals surface area (Å²) in [4.78, 5) is 0. The van der Waals surface area contributed by atoms with Crippen LogP contribution in [0.5, 0.6) is 0 Å². The largest absolute Gasteiger partial charge is 0.381 e. The van der Waals surface area contributed by atoms with E-state index in [2.05, 4.69) is 6.07 Å². The average molecular weight is 443 g/mol. The molecule has 0 radical (unpaired) electrons. The summed E-state index contributed by atoms with van der Waals surface area (Å²) in [6.45, 7) is 1.52. The Morgan fingerprint density at radius 3 is 2.58 bits per heavy atom. The van der Waals surface area contributed by atoms with Crippen molar-refractivity contribution in [2.24, 2.45) is 0 Å². The van der Waals surface area contributed by atoms with Crippen LogP contribution in [0.2, 0.25) is 0 Å². The molecule has 7 heteroatoms. The number of benzene rings is 2. The monoisotopic (exact) mass is 442 g/mol. The molecule has 164 valence electrons. The maximum absolute atomic E-state index is 15.1. The van der Waals surface area contributed by atoms with Gasteiger partial charge in [-0.15, -0.1) is 0 Å². The molecular weight excluding hydrogens is 415 g/mol. The number of rotatable bonds is 5. The third kappa shape index (κ3) is 4.38. The molecule has 0 aromatic heterocycles. The van der Waals surface area contributed by atoms with Crippen molar-refractivity contribution in [3.05, 3.63) is 71.0 Å². The lowest BCUT2D eigenvalue weighted by molar-refractivity contribution is 0.0514. The molecule has 0 unspecified atom stereocenters. The van der Waals surface area contributed by atoms with Crippen LogP contribution in [0.1, 0.15) is 54.0 Å². The summed E-state index contributed by atoms with van der Waals surface area (Å²) in [6.07, 6.45) is 2.98. The topological polar surface area (TPSA) is 70.4 Å². The van der Waals surface area contributed by atoms with Gasteiger partial charge >= 0.3 is 0 Å². The zero-order valence-corrected chi connectivity index (χ0v) is 18.3. The fraction of sp³-hybridized carbons (Fsp3) is 0.458. The van der Waals surface area contributed by atoms with Crippen LogP contribution < -0.4 is 0 Å². The van der Waals surface area contributed by atoms with Crippen LogP contribution in [0.3, 0.4) is 0 Å². The second kappa shape index (κ2) is 9.07. The average Bonchev–Trinajstić information content (AvgIpc) is 2.77. The molecule has 0 bridgehead atoms. The fourth-order valence-electron chi connectivity index (χ4n) is 4.76. The first-order chi connectivity index (χ1) is 15.0. The molecule has 2 heterocycles. The van der Waals surface area contributed by atoms with E-state index in [1.54, 1.807) is 6.07 Å². The number of nitriles is 1. The van der Waals surface area contributed by atoms with Gasteiger partial charge in [-0.05, 0) is 42.9 Å². The van der Waals surface area contributed by atoms with E-state index in [1.807, 2.05) is 36.4 Å². The Morgan fingerprint density at radius 1 is 1.16 bits per heavy atom. The van der Waals surface area contributed by atoms with Gasteiger partial charge in [-0.3, -0.25) is 0 Å². The zero-order chi connectivity index (χ0) is 21.9. The quantitative estimate of drug-likeness (QED) is 0.686. The minimum absolute atomic E-state index is 0.0200. The van der Waals surface area contributed by atoms with E-state index >= 15 is 4.39 Å². The van der Waals surface area contributed by atoms with Gasteiger partial charge in [-0.2, -0.15) is 9.57 Å². The van der Waals surface area contributed by atoms with E-state index in [9.17, 15) is 13.7 Å². The van der Waals surface area contributed by atoms with Crippen LogP contribution >= 0.6 is 0 Å². The lowest BCUT2D eigenvalue weighted by Crippen LogP contribution is -2.39. The summed E-state index contributed by atoms with van der Waals surface area (Å²) in [5.74, 6) is -0.418. The molecule has 0 spiro atoms. The molecule has 2 aliphatic rings. The Kier molecular flexibility index (Phi) is 6.42. The summed E-state index contributed by atoms with van der Waals surface area (Å²) in [5, 5.41) is 8.71. The Balaban J connectivity index is 1.57. The van der Waals surface area contributed by atoms with Crippen molar-refractivity contribution in [1.82, 2.24) is 4.31 Å². The van der Waals surface area contributed by atoms with Gasteiger partial charge in [0.2, 0.25) is 10.0 Å². The molecule has 5 nitrogen and oxygen atoms in total. The van der Waals surface area contributed by atoms with E-state index in [0.29, 0.717) is 51.0 Å². The minimum atomic E-state index is -3.58. The molecule has 2 aromatic carbocycles. The summed E-state index contributed by atoms with van der Waals surface area (Å²) < 4.78 is 48.4. The summed E-state index contributed by atoms with van der Waals surface area (Å²) in [6, 6.07) is 16.5. The molecule has 2 aliphatic heterocycles. The van der Waals surface area contributed by atoms with Crippen molar-refractivity contribution in [3.8, 4) is 6.07 Å². The van der Waals surface area contributed by atoms with Crippen LogP contribution in [0, 0.1) is 17.1 Å². The van der Waals surface area contributed by atoms with E-state index in [1.165, 1.54) is 10.4 Å². The Morgan fingerprint density at radius 2 is 1.90 bits per heavy atom. The third-order valence-corrected chi connectivity index (χ3v) is 8.90. The van der Waals surface area contributed by atoms with Gasteiger partial charge in [0.25, 0.3) is 0 Å². The smallest absolute Gasteiger partial charge is 0.221 e. The molecule has 2 saturated heterocycles. The predicted molar refractivity (Wildman–Crippen MR) is 116 cm³/mol. The van der Waals surface area contributed by atoms with Gasteiger partial charge in [-0.25, -0.2) is 12.8 Å². The van der Waals surface area contributed by atoms with Crippen LogP contribution in [-0.2, 0) is 26.7 Å².